The van der Waals surface area contributed by atoms with Crippen LogP contribution in [0.4, 0.5) is 0 Å². The van der Waals surface area contributed by atoms with E-state index in [2.05, 4.69) is 0 Å². The molecule has 2 heteroatoms. The van der Waals surface area contributed by atoms with Crippen molar-refractivity contribution in [2.45, 2.75) is 19.1 Å². The Morgan fingerprint density at radius 3 is 2.40 bits per heavy atom. The number of aliphatic hydroxyl groups excluding tert-OH is 1. The molecule has 0 radical (unpaired) electrons. The summed E-state index contributed by atoms with van der Waals surface area (Å²) in [4.78, 5) is 0. The molecular weight excluding hydrogens is 128 g/mol. The third-order valence-corrected chi connectivity index (χ3v) is 3.54. The van der Waals surface area contributed by atoms with Gasteiger partial charge in [-0.15, -0.1) is 0 Å². The molecule has 0 bridgehead atoms. The maximum atomic E-state index is 9.39. The van der Waals surface area contributed by atoms with E-state index in [1.54, 1.807) is 0 Å². The summed E-state index contributed by atoms with van der Waals surface area (Å²) >= 11 is 0. The quantitative estimate of drug-likeness (QED) is 0.596. The number of ether oxygens (including phenoxy) is 1. The Balaban J connectivity index is 1.73. The predicted molar refractivity (Wildman–Crippen MR) is 35.4 cm³/mol. The van der Waals surface area contributed by atoms with Gasteiger partial charge in [0, 0.05) is 12.5 Å². The predicted octanol–water partition coefficient (Wildman–Crippen LogP) is 0.258. The molecule has 0 saturated heterocycles. The fraction of sp³-hybridized carbons (Fsp3) is 1.00. The monoisotopic (exact) mass is 140 g/mol. The van der Waals surface area contributed by atoms with Crippen molar-refractivity contribution in [3.05, 3.63) is 0 Å². The summed E-state index contributed by atoms with van der Waals surface area (Å²) < 4.78 is 5.50. The van der Waals surface area contributed by atoms with Crippen LogP contribution in [0.5, 0.6) is 0 Å². The third-order valence-electron chi connectivity index (χ3n) is 3.54. The zero-order chi connectivity index (χ0) is 6.88. The molecule has 3 aliphatic carbocycles. The molecule has 0 heterocycles. The molecule has 3 saturated carbocycles. The first kappa shape index (κ1) is 5.56. The molecule has 0 aliphatic heterocycles. The van der Waals surface area contributed by atoms with Crippen LogP contribution in [0.1, 0.15) is 6.92 Å². The standard InChI is InChI=1S/C8H12O2/c1-2-10-8-5-3-4(5)7(9)6(3)8/h3-9H,2H2,1H3/t3?,4-,5+,6-,7+,8-/m1/s1. The first-order valence-electron chi connectivity index (χ1n) is 4.16. The van der Waals surface area contributed by atoms with E-state index < -0.39 is 0 Å². The van der Waals surface area contributed by atoms with E-state index in [4.69, 9.17) is 4.74 Å². The maximum Gasteiger partial charge on any atom is 0.0665 e. The zero-order valence-electron chi connectivity index (χ0n) is 6.03. The highest BCUT2D eigenvalue weighted by atomic mass is 16.5. The molecule has 56 valence electrons. The average Bonchev–Trinajstić information content (AvgIpc) is 2.36. The lowest BCUT2D eigenvalue weighted by molar-refractivity contribution is -0.103. The van der Waals surface area contributed by atoms with Crippen molar-refractivity contribution in [2.75, 3.05) is 6.61 Å². The first-order chi connectivity index (χ1) is 4.86. The Labute approximate surface area is 60.2 Å². The lowest BCUT2D eigenvalue weighted by atomic mass is 9.74. The van der Waals surface area contributed by atoms with Crippen LogP contribution < -0.4 is 0 Å². The summed E-state index contributed by atoms with van der Waals surface area (Å²) in [7, 11) is 0. The highest BCUT2D eigenvalue weighted by Crippen LogP contribution is 2.78. The van der Waals surface area contributed by atoms with Crippen LogP contribution in [-0.4, -0.2) is 23.9 Å². The summed E-state index contributed by atoms with van der Waals surface area (Å²) in [6.07, 6.45) is 0.446. The van der Waals surface area contributed by atoms with E-state index >= 15 is 0 Å². The number of hydrogen-bond acceptors (Lipinski definition) is 2. The van der Waals surface area contributed by atoms with E-state index in [-0.39, 0.29) is 6.10 Å². The Bertz CT molecular complexity index is 180. The van der Waals surface area contributed by atoms with Crippen LogP contribution in [0.15, 0.2) is 0 Å². The Kier molecular flexibility index (Phi) is 0.783. The van der Waals surface area contributed by atoms with Crippen molar-refractivity contribution < 1.29 is 9.84 Å². The van der Waals surface area contributed by atoms with Crippen molar-refractivity contribution in [2.24, 2.45) is 23.7 Å². The second kappa shape index (κ2) is 1.41. The molecule has 1 unspecified atom stereocenters. The summed E-state index contributed by atoms with van der Waals surface area (Å²) in [5, 5.41) is 9.39. The van der Waals surface area contributed by atoms with E-state index in [0.717, 1.165) is 18.4 Å². The van der Waals surface area contributed by atoms with Gasteiger partial charge in [-0.3, -0.25) is 0 Å². The van der Waals surface area contributed by atoms with Gasteiger partial charge in [0.05, 0.1) is 12.2 Å². The van der Waals surface area contributed by atoms with Crippen LogP contribution in [0, 0.1) is 23.7 Å². The normalized spacial score (nSPS) is 67.8. The minimum absolute atomic E-state index is 0.00606. The topological polar surface area (TPSA) is 29.5 Å². The van der Waals surface area contributed by atoms with Gasteiger partial charge in [-0.05, 0) is 24.7 Å². The molecule has 1 N–H and O–H groups in total. The van der Waals surface area contributed by atoms with Crippen molar-refractivity contribution in [3.8, 4) is 0 Å². The fourth-order valence-electron chi connectivity index (χ4n) is 3.07. The fourth-order valence-corrected chi connectivity index (χ4v) is 3.07. The van der Waals surface area contributed by atoms with Crippen molar-refractivity contribution >= 4 is 0 Å². The van der Waals surface area contributed by atoms with Crippen LogP contribution in [0.2, 0.25) is 0 Å². The van der Waals surface area contributed by atoms with Gasteiger partial charge < -0.3 is 9.84 Å². The summed E-state index contributed by atoms with van der Waals surface area (Å²) in [5.41, 5.74) is 0. The first-order valence-corrected chi connectivity index (χ1v) is 4.16. The van der Waals surface area contributed by atoms with Gasteiger partial charge in [-0.1, -0.05) is 0 Å². The molecule has 0 aromatic heterocycles. The molecule has 3 rings (SSSR count). The third kappa shape index (κ3) is 0.350. The van der Waals surface area contributed by atoms with Crippen LogP contribution in [0.3, 0.4) is 0 Å². The second-order valence-corrected chi connectivity index (χ2v) is 3.72. The van der Waals surface area contributed by atoms with Crippen molar-refractivity contribution in [1.29, 1.82) is 0 Å². The molecule has 0 spiro atoms. The average molecular weight is 140 g/mol. The number of hydrogen-bond donors (Lipinski definition) is 1. The number of rotatable bonds is 2. The maximum absolute atomic E-state index is 9.39. The van der Waals surface area contributed by atoms with Crippen LogP contribution >= 0.6 is 0 Å². The molecule has 0 amide bonds. The summed E-state index contributed by atoms with van der Waals surface area (Å²) in [6, 6.07) is 0. The molecular formula is C8H12O2. The largest absolute Gasteiger partial charge is 0.392 e. The van der Waals surface area contributed by atoms with E-state index in [0.29, 0.717) is 17.9 Å². The van der Waals surface area contributed by atoms with Crippen LogP contribution in [-0.2, 0) is 4.74 Å². The van der Waals surface area contributed by atoms with Gasteiger partial charge in [0.25, 0.3) is 0 Å². The summed E-state index contributed by atoms with van der Waals surface area (Å²) in [5.74, 6) is 2.84. The molecule has 6 atom stereocenters. The van der Waals surface area contributed by atoms with E-state index in [1.807, 2.05) is 6.92 Å². The summed E-state index contributed by atoms with van der Waals surface area (Å²) in [6.45, 7) is 2.84. The molecule has 0 aromatic carbocycles. The van der Waals surface area contributed by atoms with E-state index in [9.17, 15) is 5.11 Å². The van der Waals surface area contributed by atoms with Crippen molar-refractivity contribution in [1.82, 2.24) is 0 Å². The zero-order valence-corrected chi connectivity index (χ0v) is 6.03. The van der Waals surface area contributed by atoms with E-state index in [1.165, 1.54) is 0 Å². The Hall–Kier alpha value is -0.0800. The molecule has 2 nitrogen and oxygen atoms in total. The lowest BCUT2D eigenvalue weighted by Crippen LogP contribution is -2.46. The van der Waals surface area contributed by atoms with Gasteiger partial charge in [0.2, 0.25) is 0 Å². The van der Waals surface area contributed by atoms with Crippen molar-refractivity contribution in [3.63, 3.8) is 0 Å². The molecule has 3 aliphatic rings. The van der Waals surface area contributed by atoms with Gasteiger partial charge >= 0.3 is 0 Å². The number of aliphatic hydroxyl groups is 1. The second-order valence-electron chi connectivity index (χ2n) is 3.72. The van der Waals surface area contributed by atoms with Gasteiger partial charge in [-0.25, -0.2) is 0 Å². The van der Waals surface area contributed by atoms with Crippen LogP contribution in [0.25, 0.3) is 0 Å². The SMILES string of the molecule is CCO[C@H]1[C@@H]2C3[C@H]1[C@@H]3[C@@H]2O. The molecule has 0 aromatic rings. The molecule has 10 heavy (non-hydrogen) atoms. The molecule has 3 fully saturated rings. The Morgan fingerprint density at radius 1 is 1.20 bits per heavy atom. The lowest BCUT2D eigenvalue weighted by Gasteiger charge is -2.39. The van der Waals surface area contributed by atoms with Gasteiger partial charge in [-0.2, -0.15) is 0 Å². The van der Waals surface area contributed by atoms with Gasteiger partial charge in [0.15, 0.2) is 0 Å². The highest BCUT2D eigenvalue weighted by Gasteiger charge is 2.83. The van der Waals surface area contributed by atoms with Gasteiger partial charge in [0.1, 0.15) is 0 Å². The smallest absolute Gasteiger partial charge is 0.0665 e. The Morgan fingerprint density at radius 2 is 2.00 bits per heavy atom. The highest BCUT2D eigenvalue weighted by molar-refractivity contribution is 5.30. The minimum atomic E-state index is 0.00606. The minimum Gasteiger partial charge on any atom is -0.392 e. The number of fused-ring (bicyclic) bond motifs is 1.